The molecule has 0 saturated heterocycles. The highest BCUT2D eigenvalue weighted by Crippen LogP contribution is 2.27. The van der Waals surface area contributed by atoms with Crippen LogP contribution < -0.4 is 5.32 Å². The first-order chi connectivity index (χ1) is 10.3. The maximum absolute atomic E-state index is 4.69. The van der Waals surface area contributed by atoms with Crippen LogP contribution in [0.15, 0.2) is 18.2 Å². The topological polar surface area (TPSA) is 24.9 Å². The molecule has 0 aliphatic rings. The van der Waals surface area contributed by atoms with E-state index in [1.54, 1.807) is 11.3 Å². The molecule has 0 radical (unpaired) electrons. The summed E-state index contributed by atoms with van der Waals surface area (Å²) in [7, 11) is 0. The molecule has 2 nitrogen and oxygen atoms in total. The second kappa shape index (κ2) is 9.04. The molecule has 0 saturated carbocycles. The van der Waals surface area contributed by atoms with E-state index in [2.05, 4.69) is 42.3 Å². The summed E-state index contributed by atoms with van der Waals surface area (Å²) in [6.45, 7) is 5.45. The molecule has 0 amide bonds. The molecule has 3 heteroatoms. The van der Waals surface area contributed by atoms with Gasteiger partial charge in [0.1, 0.15) is 0 Å². The zero-order valence-electron chi connectivity index (χ0n) is 13.5. The molecular weight excluding hydrogens is 276 g/mol. The highest BCUT2D eigenvalue weighted by Gasteiger charge is 2.04. The number of nitrogens with zero attached hydrogens (tertiary/aromatic N) is 1. The maximum Gasteiger partial charge on any atom is 0.183 e. The summed E-state index contributed by atoms with van der Waals surface area (Å²) in [5.74, 6) is 0. The lowest BCUT2D eigenvalue weighted by Crippen LogP contribution is -2.00. The number of hydrogen-bond acceptors (Lipinski definition) is 3. The number of unbranched alkanes of at least 4 members (excludes halogenated alkanes) is 7. The Morgan fingerprint density at radius 3 is 2.43 bits per heavy atom. The Bertz CT molecular complexity index is 533. The molecule has 21 heavy (non-hydrogen) atoms. The first-order valence-electron chi connectivity index (χ1n) is 8.41. The summed E-state index contributed by atoms with van der Waals surface area (Å²) in [4.78, 5) is 4.69. The number of rotatable bonds is 10. The van der Waals surface area contributed by atoms with E-state index in [-0.39, 0.29) is 0 Å². The molecule has 0 atom stereocenters. The third-order valence-electron chi connectivity index (χ3n) is 3.93. The number of aryl methyl sites for hydroxylation is 1. The van der Waals surface area contributed by atoms with Gasteiger partial charge in [-0.1, -0.05) is 75.3 Å². The van der Waals surface area contributed by atoms with Crippen molar-refractivity contribution in [3.63, 3.8) is 0 Å². The summed E-state index contributed by atoms with van der Waals surface area (Å²) in [5, 5.41) is 4.55. The van der Waals surface area contributed by atoms with Crippen LogP contribution in [-0.2, 0) is 0 Å². The summed E-state index contributed by atoms with van der Waals surface area (Å²) in [6.07, 6.45) is 10.9. The van der Waals surface area contributed by atoms with Gasteiger partial charge in [-0.2, -0.15) is 0 Å². The molecule has 116 valence electrons. The van der Waals surface area contributed by atoms with Gasteiger partial charge in [-0.25, -0.2) is 4.98 Å². The summed E-state index contributed by atoms with van der Waals surface area (Å²) < 4.78 is 1.29. The van der Waals surface area contributed by atoms with E-state index in [1.807, 2.05) is 0 Å². The number of benzene rings is 1. The van der Waals surface area contributed by atoms with Crippen molar-refractivity contribution < 1.29 is 0 Å². The second-order valence-electron chi connectivity index (χ2n) is 5.84. The van der Waals surface area contributed by atoms with Crippen molar-refractivity contribution in [3.05, 3.63) is 23.8 Å². The molecule has 0 aliphatic heterocycles. The number of hydrogen-bond donors (Lipinski definition) is 1. The minimum atomic E-state index is 1.05. The van der Waals surface area contributed by atoms with Crippen LogP contribution in [0.25, 0.3) is 10.2 Å². The molecule has 1 aromatic carbocycles. The lowest BCUT2D eigenvalue weighted by Gasteiger charge is -2.03. The van der Waals surface area contributed by atoms with Gasteiger partial charge in [0.25, 0.3) is 0 Å². The van der Waals surface area contributed by atoms with Crippen molar-refractivity contribution >= 4 is 26.7 Å². The molecule has 0 bridgehead atoms. The number of aromatic nitrogens is 1. The number of nitrogens with one attached hydrogen (secondary N) is 1. The van der Waals surface area contributed by atoms with E-state index >= 15 is 0 Å². The van der Waals surface area contributed by atoms with Crippen molar-refractivity contribution in [1.29, 1.82) is 0 Å². The zero-order chi connectivity index (χ0) is 14.9. The van der Waals surface area contributed by atoms with E-state index in [0.29, 0.717) is 0 Å². The Kier molecular flexibility index (Phi) is 7.01. The van der Waals surface area contributed by atoms with Gasteiger partial charge < -0.3 is 5.32 Å². The lowest BCUT2D eigenvalue weighted by molar-refractivity contribution is 0.581. The summed E-state index contributed by atoms with van der Waals surface area (Å²) in [5.41, 5.74) is 2.42. The van der Waals surface area contributed by atoms with Crippen LogP contribution >= 0.6 is 11.3 Å². The maximum atomic E-state index is 4.69. The Morgan fingerprint density at radius 1 is 1.00 bits per heavy atom. The minimum Gasteiger partial charge on any atom is -0.361 e. The molecule has 0 aliphatic carbocycles. The Hall–Kier alpha value is -1.09. The Balaban J connectivity index is 1.61. The van der Waals surface area contributed by atoms with Gasteiger partial charge in [0.15, 0.2) is 5.13 Å². The molecule has 2 rings (SSSR count). The number of anilines is 1. The van der Waals surface area contributed by atoms with E-state index in [1.165, 1.54) is 61.6 Å². The van der Waals surface area contributed by atoms with E-state index < -0.39 is 0 Å². The first kappa shape index (κ1) is 16.3. The highest BCUT2D eigenvalue weighted by molar-refractivity contribution is 7.22. The average Bonchev–Trinajstić information content (AvgIpc) is 2.90. The van der Waals surface area contributed by atoms with Crippen molar-refractivity contribution in [2.45, 2.75) is 65.2 Å². The molecular formula is C18H28N2S. The molecule has 1 heterocycles. The SMILES string of the molecule is CCCCCCCCCCNc1nc2c(C)cccc2s1. The second-order valence-corrected chi connectivity index (χ2v) is 6.87. The van der Waals surface area contributed by atoms with E-state index in [4.69, 9.17) is 0 Å². The smallest absolute Gasteiger partial charge is 0.183 e. The van der Waals surface area contributed by atoms with Gasteiger partial charge in [0.05, 0.1) is 10.2 Å². The highest BCUT2D eigenvalue weighted by atomic mass is 32.1. The van der Waals surface area contributed by atoms with Crippen molar-refractivity contribution in [1.82, 2.24) is 4.98 Å². The number of thiazole rings is 1. The van der Waals surface area contributed by atoms with Crippen LogP contribution in [0.3, 0.4) is 0 Å². The van der Waals surface area contributed by atoms with Crippen LogP contribution in [0.4, 0.5) is 5.13 Å². The predicted molar refractivity (Wildman–Crippen MR) is 95.5 cm³/mol. The molecule has 0 unspecified atom stereocenters. The van der Waals surface area contributed by atoms with Crippen molar-refractivity contribution in [2.24, 2.45) is 0 Å². The Morgan fingerprint density at radius 2 is 1.71 bits per heavy atom. The molecule has 1 N–H and O–H groups in total. The molecule has 0 fully saturated rings. The van der Waals surface area contributed by atoms with E-state index in [9.17, 15) is 0 Å². The van der Waals surface area contributed by atoms with Gasteiger partial charge in [0, 0.05) is 6.54 Å². The van der Waals surface area contributed by atoms with Gasteiger partial charge in [-0.05, 0) is 25.0 Å². The minimum absolute atomic E-state index is 1.05. The number of para-hydroxylation sites is 1. The van der Waals surface area contributed by atoms with E-state index in [0.717, 1.165) is 17.2 Å². The quantitative estimate of drug-likeness (QED) is 0.532. The van der Waals surface area contributed by atoms with Gasteiger partial charge in [0.2, 0.25) is 0 Å². The molecule has 0 spiro atoms. The van der Waals surface area contributed by atoms with Crippen LogP contribution in [0.1, 0.15) is 63.9 Å². The lowest BCUT2D eigenvalue weighted by atomic mass is 10.1. The van der Waals surface area contributed by atoms with Crippen LogP contribution in [0.2, 0.25) is 0 Å². The fourth-order valence-corrected chi connectivity index (χ4v) is 3.59. The summed E-state index contributed by atoms with van der Waals surface area (Å²) >= 11 is 1.77. The fraction of sp³-hybridized carbons (Fsp3) is 0.611. The Labute approximate surface area is 133 Å². The van der Waals surface area contributed by atoms with Crippen LogP contribution in [-0.4, -0.2) is 11.5 Å². The van der Waals surface area contributed by atoms with Gasteiger partial charge >= 0.3 is 0 Å². The molecule has 1 aromatic heterocycles. The molecule has 2 aromatic rings. The van der Waals surface area contributed by atoms with Gasteiger partial charge in [-0.3, -0.25) is 0 Å². The van der Waals surface area contributed by atoms with Crippen LogP contribution in [0.5, 0.6) is 0 Å². The van der Waals surface area contributed by atoms with Crippen molar-refractivity contribution in [2.75, 3.05) is 11.9 Å². The third kappa shape index (κ3) is 5.31. The zero-order valence-corrected chi connectivity index (χ0v) is 14.3. The predicted octanol–water partition coefficient (Wildman–Crippen LogP) is 6.16. The standard InChI is InChI=1S/C18H28N2S/c1-3-4-5-6-7-8-9-10-14-19-18-20-17-15(2)12-11-13-16(17)21-18/h11-13H,3-10,14H2,1-2H3,(H,19,20). The monoisotopic (exact) mass is 304 g/mol. The van der Waals surface area contributed by atoms with Crippen molar-refractivity contribution in [3.8, 4) is 0 Å². The summed E-state index contributed by atoms with van der Waals surface area (Å²) in [6, 6.07) is 6.39. The third-order valence-corrected chi connectivity index (χ3v) is 4.91. The number of fused-ring (bicyclic) bond motifs is 1. The fourth-order valence-electron chi connectivity index (χ4n) is 2.62. The largest absolute Gasteiger partial charge is 0.361 e. The van der Waals surface area contributed by atoms with Gasteiger partial charge in [-0.15, -0.1) is 0 Å². The average molecular weight is 305 g/mol. The van der Waals surface area contributed by atoms with Crippen LogP contribution in [0, 0.1) is 6.92 Å². The first-order valence-corrected chi connectivity index (χ1v) is 9.23. The normalized spacial score (nSPS) is 11.1.